The van der Waals surface area contributed by atoms with E-state index in [1.54, 1.807) is 0 Å². The molecule has 0 aliphatic heterocycles. The number of aromatic hydroxyl groups is 2. The highest BCUT2D eigenvalue weighted by Gasteiger charge is 2.32. The minimum atomic E-state index is -0.00721. The summed E-state index contributed by atoms with van der Waals surface area (Å²) in [6.07, 6.45) is 3.84. The molecule has 1 aliphatic carbocycles. The zero-order valence-electron chi connectivity index (χ0n) is 17.0. The van der Waals surface area contributed by atoms with Crippen LogP contribution in [0.3, 0.4) is 0 Å². The first kappa shape index (κ1) is 18.8. The number of benzene rings is 2. The Labute approximate surface area is 157 Å². The van der Waals surface area contributed by atoms with Crippen LogP contribution in [0, 0.1) is 13.8 Å². The molecule has 2 N–H and O–H groups in total. The molecule has 0 unspecified atom stereocenters. The van der Waals surface area contributed by atoms with Crippen LogP contribution in [0.5, 0.6) is 11.5 Å². The third kappa shape index (κ3) is 3.34. The van der Waals surface area contributed by atoms with Crippen molar-refractivity contribution < 1.29 is 10.2 Å². The van der Waals surface area contributed by atoms with Gasteiger partial charge in [0.05, 0.1) is 0 Å². The van der Waals surface area contributed by atoms with E-state index in [1.807, 2.05) is 26.0 Å². The van der Waals surface area contributed by atoms with Gasteiger partial charge in [0.1, 0.15) is 11.5 Å². The van der Waals surface area contributed by atoms with E-state index in [0.717, 1.165) is 41.5 Å². The van der Waals surface area contributed by atoms with E-state index in [4.69, 9.17) is 0 Å². The summed E-state index contributed by atoms with van der Waals surface area (Å²) >= 11 is 0. The molecule has 0 radical (unpaired) electrons. The molecular formula is C24H32O2. The Morgan fingerprint density at radius 2 is 1.08 bits per heavy atom. The third-order valence-corrected chi connectivity index (χ3v) is 6.16. The van der Waals surface area contributed by atoms with Crippen molar-refractivity contribution in [3.63, 3.8) is 0 Å². The Balaban J connectivity index is 2.30. The highest BCUT2D eigenvalue weighted by molar-refractivity contribution is 5.54. The number of fused-ring (bicyclic) bond motifs is 2. The summed E-state index contributed by atoms with van der Waals surface area (Å²) in [5, 5.41) is 21.5. The molecule has 0 amide bonds. The molecule has 2 aromatic rings. The Kier molecular flexibility index (Phi) is 4.58. The molecule has 0 bridgehead atoms. The van der Waals surface area contributed by atoms with Gasteiger partial charge >= 0.3 is 0 Å². The maximum absolute atomic E-state index is 10.8. The van der Waals surface area contributed by atoms with Crippen LogP contribution in [0.1, 0.15) is 80.3 Å². The van der Waals surface area contributed by atoms with Gasteiger partial charge in [-0.3, -0.25) is 0 Å². The Morgan fingerprint density at radius 1 is 0.692 bits per heavy atom. The van der Waals surface area contributed by atoms with Crippen molar-refractivity contribution in [3.05, 3.63) is 57.6 Å². The second-order valence-electron chi connectivity index (χ2n) is 9.42. The first-order valence-electron chi connectivity index (χ1n) is 9.67. The van der Waals surface area contributed by atoms with E-state index >= 15 is 0 Å². The van der Waals surface area contributed by atoms with Crippen LogP contribution >= 0.6 is 0 Å². The fourth-order valence-electron chi connectivity index (χ4n) is 4.59. The highest BCUT2D eigenvalue weighted by Crippen LogP contribution is 2.44. The molecule has 0 fully saturated rings. The summed E-state index contributed by atoms with van der Waals surface area (Å²) in [7, 11) is 0. The van der Waals surface area contributed by atoms with Gasteiger partial charge in [0.25, 0.3) is 0 Å². The van der Waals surface area contributed by atoms with Crippen LogP contribution in [-0.2, 0) is 17.3 Å². The molecule has 2 nitrogen and oxygen atoms in total. The van der Waals surface area contributed by atoms with Gasteiger partial charge in [-0.1, -0.05) is 46.2 Å². The van der Waals surface area contributed by atoms with Crippen LogP contribution in [0.25, 0.3) is 0 Å². The predicted molar refractivity (Wildman–Crippen MR) is 108 cm³/mol. The highest BCUT2D eigenvalue weighted by atomic mass is 16.3. The van der Waals surface area contributed by atoms with E-state index in [1.165, 1.54) is 11.1 Å². The fourth-order valence-corrected chi connectivity index (χ4v) is 4.59. The molecular weight excluding hydrogens is 320 g/mol. The van der Waals surface area contributed by atoms with Crippen molar-refractivity contribution in [2.75, 3.05) is 0 Å². The molecule has 0 aromatic heterocycles. The number of hydrogen-bond donors (Lipinski definition) is 2. The van der Waals surface area contributed by atoms with Crippen LogP contribution in [0.15, 0.2) is 24.3 Å². The van der Waals surface area contributed by atoms with Gasteiger partial charge in [0.15, 0.2) is 0 Å². The lowest BCUT2D eigenvalue weighted by Crippen LogP contribution is -2.26. The van der Waals surface area contributed by atoms with Gasteiger partial charge in [-0.2, -0.15) is 0 Å². The van der Waals surface area contributed by atoms with Crippen LogP contribution in [0.2, 0.25) is 0 Å². The average molecular weight is 353 g/mol. The molecule has 0 spiro atoms. The molecule has 140 valence electrons. The van der Waals surface area contributed by atoms with E-state index in [9.17, 15) is 10.2 Å². The molecule has 0 saturated heterocycles. The summed E-state index contributed by atoms with van der Waals surface area (Å²) in [5.74, 6) is 0.690. The van der Waals surface area contributed by atoms with Crippen molar-refractivity contribution >= 4 is 0 Å². The third-order valence-electron chi connectivity index (χ3n) is 6.16. The van der Waals surface area contributed by atoms with Crippen molar-refractivity contribution in [1.82, 2.24) is 0 Å². The zero-order valence-corrected chi connectivity index (χ0v) is 17.0. The number of phenolic OH excluding ortho intramolecular Hbond substituents is 2. The monoisotopic (exact) mass is 352 g/mol. The summed E-state index contributed by atoms with van der Waals surface area (Å²) in [6, 6.07) is 8.12. The molecule has 1 aliphatic rings. The lowest BCUT2D eigenvalue weighted by Gasteiger charge is -2.35. The Bertz CT molecular complexity index is 774. The molecule has 2 aromatic carbocycles. The van der Waals surface area contributed by atoms with Crippen LogP contribution in [0.4, 0.5) is 0 Å². The first-order valence-corrected chi connectivity index (χ1v) is 9.67. The topological polar surface area (TPSA) is 40.5 Å². The van der Waals surface area contributed by atoms with Crippen LogP contribution < -0.4 is 0 Å². The van der Waals surface area contributed by atoms with Gasteiger partial charge in [0.2, 0.25) is 0 Å². The number of phenols is 2. The van der Waals surface area contributed by atoms with E-state index in [0.29, 0.717) is 17.9 Å². The molecule has 26 heavy (non-hydrogen) atoms. The van der Waals surface area contributed by atoms with Gasteiger partial charge in [0, 0.05) is 17.5 Å². The standard InChI is InChI=1S/C24H32O2/c1-15-10-19-17(21(25)12-15)14-18-20(11-16(2)13-22(18)26)24(5,6)9-7-8-23(19,3)4/h10-13,25-26H,7-9,14H2,1-6H3. The molecule has 0 saturated carbocycles. The van der Waals surface area contributed by atoms with Gasteiger partial charge in [-0.05, 0) is 71.9 Å². The number of aryl methyl sites for hydroxylation is 2. The molecule has 2 heteroatoms. The second-order valence-corrected chi connectivity index (χ2v) is 9.42. The predicted octanol–water partition coefficient (Wildman–Crippen LogP) is 6.04. The SMILES string of the molecule is Cc1cc(O)c2c(c1)C(C)(C)CCCC(C)(C)c1cc(C)cc(O)c1C2. The fraction of sp³-hybridized carbons (Fsp3) is 0.500. The van der Waals surface area contributed by atoms with Gasteiger partial charge < -0.3 is 10.2 Å². The van der Waals surface area contributed by atoms with Crippen molar-refractivity contribution in [2.45, 2.75) is 78.1 Å². The maximum atomic E-state index is 10.8. The minimum Gasteiger partial charge on any atom is -0.508 e. The van der Waals surface area contributed by atoms with E-state index in [-0.39, 0.29) is 10.8 Å². The average Bonchev–Trinajstić information content (AvgIpc) is 2.49. The van der Waals surface area contributed by atoms with Gasteiger partial charge in [-0.25, -0.2) is 0 Å². The normalized spacial score (nSPS) is 18.7. The Morgan fingerprint density at radius 3 is 1.46 bits per heavy atom. The lowest BCUT2D eigenvalue weighted by molar-refractivity contribution is 0.379. The quantitative estimate of drug-likeness (QED) is 0.606. The molecule has 3 rings (SSSR count). The zero-order chi connectivity index (χ0) is 19.3. The first-order chi connectivity index (χ1) is 12.0. The lowest BCUT2D eigenvalue weighted by atomic mass is 9.70. The molecule has 0 atom stereocenters. The van der Waals surface area contributed by atoms with Crippen molar-refractivity contribution in [1.29, 1.82) is 0 Å². The van der Waals surface area contributed by atoms with Crippen LogP contribution in [-0.4, -0.2) is 10.2 Å². The number of rotatable bonds is 0. The number of hydrogen-bond acceptors (Lipinski definition) is 2. The molecule has 0 heterocycles. The summed E-state index contributed by atoms with van der Waals surface area (Å²) in [4.78, 5) is 0. The van der Waals surface area contributed by atoms with E-state index in [2.05, 4.69) is 39.8 Å². The van der Waals surface area contributed by atoms with Crippen molar-refractivity contribution in [2.24, 2.45) is 0 Å². The minimum absolute atomic E-state index is 0.00721. The maximum Gasteiger partial charge on any atom is 0.119 e. The summed E-state index contributed by atoms with van der Waals surface area (Å²) < 4.78 is 0. The Hall–Kier alpha value is -1.96. The van der Waals surface area contributed by atoms with E-state index < -0.39 is 0 Å². The summed E-state index contributed by atoms with van der Waals surface area (Å²) in [6.45, 7) is 13.2. The second kappa shape index (κ2) is 6.33. The largest absolute Gasteiger partial charge is 0.508 e. The van der Waals surface area contributed by atoms with Gasteiger partial charge in [-0.15, -0.1) is 0 Å². The smallest absolute Gasteiger partial charge is 0.119 e. The summed E-state index contributed by atoms with van der Waals surface area (Å²) in [5.41, 5.74) is 6.48. The van der Waals surface area contributed by atoms with Crippen molar-refractivity contribution in [3.8, 4) is 11.5 Å².